The first kappa shape index (κ1) is 14.5. The van der Waals surface area contributed by atoms with E-state index in [0.717, 1.165) is 11.1 Å². The Kier molecular flexibility index (Phi) is 4.08. The third-order valence-corrected chi connectivity index (χ3v) is 2.74. The van der Waals surface area contributed by atoms with Gasteiger partial charge in [-0.1, -0.05) is 11.6 Å². The quantitative estimate of drug-likeness (QED) is 0.882. The summed E-state index contributed by atoms with van der Waals surface area (Å²) in [6.07, 6.45) is -1.35. The largest absolute Gasteiger partial charge is 0.451 e. The highest BCUT2D eigenvalue weighted by molar-refractivity contribution is 6.29. The van der Waals surface area contributed by atoms with E-state index in [1.165, 1.54) is 6.07 Å². The Bertz CT molecular complexity index is 616. The fourth-order valence-corrected chi connectivity index (χ4v) is 1.70. The van der Waals surface area contributed by atoms with Gasteiger partial charge in [0.25, 0.3) is 0 Å². The highest BCUT2D eigenvalue weighted by Gasteiger charge is 2.35. The van der Waals surface area contributed by atoms with Crippen LogP contribution in [0.3, 0.4) is 0 Å². The number of alkyl halides is 3. The molecule has 0 saturated heterocycles. The molecule has 8 heteroatoms. The lowest BCUT2D eigenvalue weighted by atomic mass is 10.1. The van der Waals surface area contributed by atoms with Crippen LogP contribution in [0.5, 0.6) is 0 Å². The molecule has 0 amide bonds. The van der Waals surface area contributed by atoms with Gasteiger partial charge in [-0.15, -0.1) is 0 Å². The Balaban J connectivity index is 2.18. The van der Waals surface area contributed by atoms with Crippen molar-refractivity contribution in [3.05, 3.63) is 46.6 Å². The van der Waals surface area contributed by atoms with Crippen LogP contribution in [0.1, 0.15) is 17.0 Å². The molecule has 0 aliphatic heterocycles. The van der Waals surface area contributed by atoms with Gasteiger partial charge >= 0.3 is 6.18 Å². The third-order valence-electron chi connectivity index (χ3n) is 2.54. The molecule has 2 aromatic heterocycles. The molecule has 0 aliphatic rings. The average Bonchev–Trinajstić information content (AvgIpc) is 2.36. The van der Waals surface area contributed by atoms with Crippen molar-refractivity contribution in [2.75, 3.05) is 5.32 Å². The number of nitrogens with one attached hydrogen (secondary N) is 1. The minimum atomic E-state index is -4.63. The summed E-state index contributed by atoms with van der Waals surface area (Å²) in [6, 6.07) is 3.02. The molecule has 0 aromatic carbocycles. The zero-order chi connectivity index (χ0) is 14.8. The third kappa shape index (κ3) is 3.57. The van der Waals surface area contributed by atoms with E-state index >= 15 is 0 Å². The van der Waals surface area contributed by atoms with E-state index in [1.54, 1.807) is 18.5 Å². The van der Waals surface area contributed by atoms with Crippen LogP contribution in [0.15, 0.2) is 24.5 Å². The van der Waals surface area contributed by atoms with E-state index in [2.05, 4.69) is 20.3 Å². The lowest BCUT2D eigenvalue weighted by molar-refractivity contribution is -0.144. The maximum atomic E-state index is 12.6. The number of hydrogen-bond acceptors (Lipinski definition) is 4. The summed E-state index contributed by atoms with van der Waals surface area (Å²) in [5, 5.41) is 2.53. The summed E-state index contributed by atoms with van der Waals surface area (Å²) in [5.74, 6) is -1.24. The van der Waals surface area contributed by atoms with Crippen molar-refractivity contribution in [1.29, 1.82) is 0 Å². The number of pyridine rings is 1. The SMILES string of the molecule is Cc1cnccc1CNc1cc(Cl)nc(C(F)(F)F)n1. The smallest absolute Gasteiger partial charge is 0.366 e. The minimum Gasteiger partial charge on any atom is -0.366 e. The summed E-state index contributed by atoms with van der Waals surface area (Å²) >= 11 is 5.57. The van der Waals surface area contributed by atoms with Crippen LogP contribution in [0.2, 0.25) is 5.15 Å². The zero-order valence-corrected chi connectivity index (χ0v) is 11.1. The molecular weight excluding hydrogens is 293 g/mol. The van der Waals surface area contributed by atoms with Crippen molar-refractivity contribution in [2.45, 2.75) is 19.6 Å². The van der Waals surface area contributed by atoms with Crippen LogP contribution < -0.4 is 5.32 Å². The summed E-state index contributed by atoms with van der Waals surface area (Å²) < 4.78 is 37.7. The number of halogens is 4. The van der Waals surface area contributed by atoms with Gasteiger partial charge in [-0.05, 0) is 24.1 Å². The summed E-state index contributed by atoms with van der Waals surface area (Å²) in [7, 11) is 0. The molecule has 2 aromatic rings. The van der Waals surface area contributed by atoms with Gasteiger partial charge in [-0.25, -0.2) is 9.97 Å². The summed E-state index contributed by atoms with van der Waals surface area (Å²) in [6.45, 7) is 2.18. The first-order valence-electron chi connectivity index (χ1n) is 5.61. The maximum Gasteiger partial charge on any atom is 0.451 e. The van der Waals surface area contributed by atoms with Crippen LogP contribution >= 0.6 is 11.6 Å². The second-order valence-electron chi connectivity index (χ2n) is 4.05. The van der Waals surface area contributed by atoms with Gasteiger partial charge in [-0.2, -0.15) is 13.2 Å². The highest BCUT2D eigenvalue weighted by Crippen LogP contribution is 2.28. The molecule has 0 saturated carbocycles. The number of nitrogens with zero attached hydrogens (tertiary/aromatic N) is 3. The lowest BCUT2D eigenvalue weighted by Gasteiger charge is -2.10. The molecular formula is C12H10ClF3N4. The Labute approximate surface area is 118 Å². The van der Waals surface area contributed by atoms with E-state index in [9.17, 15) is 13.2 Å². The van der Waals surface area contributed by atoms with Crippen molar-refractivity contribution in [2.24, 2.45) is 0 Å². The van der Waals surface area contributed by atoms with Gasteiger partial charge in [0, 0.05) is 25.0 Å². The second kappa shape index (κ2) is 5.62. The highest BCUT2D eigenvalue weighted by atomic mass is 35.5. The molecule has 20 heavy (non-hydrogen) atoms. The molecule has 0 fully saturated rings. The number of rotatable bonds is 3. The molecule has 0 unspecified atom stereocenters. The predicted molar refractivity (Wildman–Crippen MR) is 68.3 cm³/mol. The molecule has 0 spiro atoms. The minimum absolute atomic E-state index is 0.0218. The fourth-order valence-electron chi connectivity index (χ4n) is 1.52. The normalized spacial score (nSPS) is 11.4. The number of aromatic nitrogens is 3. The van der Waals surface area contributed by atoms with Crippen LogP contribution in [-0.4, -0.2) is 15.0 Å². The van der Waals surface area contributed by atoms with E-state index in [-0.39, 0.29) is 11.0 Å². The summed E-state index contributed by atoms with van der Waals surface area (Å²) in [5.41, 5.74) is 1.83. The number of aryl methyl sites for hydroxylation is 1. The average molecular weight is 303 g/mol. The molecule has 106 valence electrons. The first-order chi connectivity index (χ1) is 9.36. The van der Waals surface area contributed by atoms with E-state index < -0.39 is 12.0 Å². The summed E-state index contributed by atoms with van der Waals surface area (Å²) in [4.78, 5) is 10.5. The molecule has 0 bridgehead atoms. The number of hydrogen-bond donors (Lipinski definition) is 1. The molecule has 1 N–H and O–H groups in total. The standard InChI is InChI=1S/C12H10ClF3N4/c1-7-5-17-3-2-8(7)6-18-10-4-9(13)19-11(20-10)12(14,15)16/h2-5H,6H2,1H3,(H,18,19,20). The maximum absolute atomic E-state index is 12.6. The van der Waals surface area contributed by atoms with Gasteiger partial charge in [0.15, 0.2) is 0 Å². The van der Waals surface area contributed by atoms with Gasteiger partial charge in [-0.3, -0.25) is 4.98 Å². The predicted octanol–water partition coefficient (Wildman–Crippen LogP) is 3.46. The monoisotopic (exact) mass is 302 g/mol. The molecule has 0 radical (unpaired) electrons. The van der Waals surface area contributed by atoms with Gasteiger partial charge in [0.1, 0.15) is 11.0 Å². The van der Waals surface area contributed by atoms with Crippen LogP contribution in [-0.2, 0) is 12.7 Å². The fraction of sp³-hybridized carbons (Fsp3) is 0.250. The Morgan fingerprint density at radius 3 is 2.70 bits per heavy atom. The molecule has 2 heterocycles. The van der Waals surface area contributed by atoms with Crippen molar-refractivity contribution in [1.82, 2.24) is 15.0 Å². The van der Waals surface area contributed by atoms with Gasteiger partial charge in [0.05, 0.1) is 0 Å². The van der Waals surface area contributed by atoms with E-state index in [0.29, 0.717) is 6.54 Å². The van der Waals surface area contributed by atoms with Crippen LogP contribution in [0.4, 0.5) is 19.0 Å². The molecule has 2 rings (SSSR count). The number of anilines is 1. The second-order valence-corrected chi connectivity index (χ2v) is 4.44. The molecule has 4 nitrogen and oxygen atoms in total. The van der Waals surface area contributed by atoms with Crippen molar-refractivity contribution in [3.8, 4) is 0 Å². The van der Waals surface area contributed by atoms with Crippen LogP contribution in [0.25, 0.3) is 0 Å². The molecule has 0 atom stereocenters. The lowest BCUT2D eigenvalue weighted by Crippen LogP contribution is -2.13. The van der Waals surface area contributed by atoms with E-state index in [1.807, 2.05) is 6.92 Å². The van der Waals surface area contributed by atoms with E-state index in [4.69, 9.17) is 11.6 Å². The van der Waals surface area contributed by atoms with Crippen LogP contribution in [0, 0.1) is 6.92 Å². The Hall–Kier alpha value is -1.89. The van der Waals surface area contributed by atoms with Gasteiger partial charge < -0.3 is 5.32 Å². The van der Waals surface area contributed by atoms with Gasteiger partial charge in [0.2, 0.25) is 5.82 Å². The molecule has 0 aliphatic carbocycles. The Morgan fingerprint density at radius 1 is 1.30 bits per heavy atom. The van der Waals surface area contributed by atoms with Crippen molar-refractivity contribution in [3.63, 3.8) is 0 Å². The topological polar surface area (TPSA) is 50.7 Å². The zero-order valence-electron chi connectivity index (χ0n) is 10.4. The first-order valence-corrected chi connectivity index (χ1v) is 5.99. The van der Waals surface area contributed by atoms with Crippen molar-refractivity contribution >= 4 is 17.4 Å². The van der Waals surface area contributed by atoms with Crippen molar-refractivity contribution < 1.29 is 13.2 Å². The Morgan fingerprint density at radius 2 is 2.05 bits per heavy atom.